The first kappa shape index (κ1) is 18.6. The monoisotopic (exact) mass is 388 g/mol. The Morgan fingerprint density at radius 2 is 1.42 bits per heavy atom. The number of hydrogen-bond donors (Lipinski definition) is 0. The third-order valence-corrected chi connectivity index (χ3v) is 3.88. The molecule has 0 radical (unpaired) electrons. The molecule has 0 aliphatic heterocycles. The van der Waals surface area contributed by atoms with Crippen LogP contribution >= 0.6 is 0 Å². The van der Waals surface area contributed by atoms with Crippen molar-refractivity contribution in [1.29, 1.82) is 0 Å². The van der Waals surface area contributed by atoms with E-state index in [1.807, 2.05) is 12.2 Å². The van der Waals surface area contributed by atoms with Gasteiger partial charge in [-0.05, 0) is 11.1 Å². The molecule has 118 valence electrons. The van der Waals surface area contributed by atoms with Crippen molar-refractivity contribution < 1.29 is 29.1 Å². The fraction of sp³-hybridized carbons (Fsp3) is 0.130. The zero-order valence-electron chi connectivity index (χ0n) is 15.7. The van der Waals surface area contributed by atoms with Crippen molar-refractivity contribution in [3.8, 4) is 0 Å². The van der Waals surface area contributed by atoms with Crippen LogP contribution in [0.4, 0.5) is 0 Å². The Kier molecular flexibility index (Phi) is 7.92. The average molecular weight is 390 g/mol. The Balaban J connectivity index is 0.000000685. The van der Waals surface area contributed by atoms with Gasteiger partial charge in [-0.15, -0.1) is 12.8 Å². The summed E-state index contributed by atoms with van der Waals surface area (Å²) in [6.45, 7) is 0. The van der Waals surface area contributed by atoms with Gasteiger partial charge in [0.2, 0.25) is 0 Å². The van der Waals surface area contributed by atoms with Gasteiger partial charge in [-0.2, -0.15) is 12.2 Å². The molecule has 0 saturated heterocycles. The van der Waals surface area contributed by atoms with Gasteiger partial charge in [-0.25, -0.2) is 23.8 Å². The van der Waals surface area contributed by atoms with E-state index in [-0.39, 0.29) is 29.1 Å². The van der Waals surface area contributed by atoms with Crippen LogP contribution in [0, 0.1) is 12.2 Å². The molecule has 0 amide bonds. The van der Waals surface area contributed by atoms with Gasteiger partial charge in [-0.1, -0.05) is 60.7 Å². The molecule has 0 N–H and O–H groups in total. The summed E-state index contributed by atoms with van der Waals surface area (Å²) < 4.78 is 0. The van der Waals surface area contributed by atoms with Crippen molar-refractivity contribution >= 4 is 0 Å². The van der Waals surface area contributed by atoms with Crippen LogP contribution < -0.4 is 0 Å². The zero-order chi connectivity index (χ0) is 15.7. The Bertz CT molecular complexity index is 682. The molecule has 4 rings (SSSR count). The van der Waals surface area contributed by atoms with E-state index >= 15 is 0 Å². The van der Waals surface area contributed by atoms with Crippen LogP contribution in [0.5, 0.6) is 0 Å². The predicted octanol–water partition coefficient (Wildman–Crippen LogP) is 6.04. The summed E-state index contributed by atoms with van der Waals surface area (Å²) in [7, 11) is 0. The van der Waals surface area contributed by atoms with Crippen molar-refractivity contribution in [3.05, 3.63) is 120 Å². The molecule has 2 aromatic carbocycles. The molecule has 0 aromatic heterocycles. The number of rotatable bonds is 3. The molecule has 1 heteroatoms. The Morgan fingerprint density at radius 3 is 1.79 bits per heavy atom. The van der Waals surface area contributed by atoms with E-state index in [1.54, 1.807) is 0 Å². The SMILES string of the molecule is [C-]1=C(C(c2ccccc2)c2ccccc2)C=CC1.[C-]1=CC=CC1.[H-].[H-].[Zr+4]. The van der Waals surface area contributed by atoms with Crippen molar-refractivity contribution in [3.63, 3.8) is 0 Å². The maximum absolute atomic E-state index is 3.46. The minimum absolute atomic E-state index is 0. The molecule has 0 unspecified atom stereocenters. The van der Waals surface area contributed by atoms with Gasteiger partial charge in [0.1, 0.15) is 0 Å². The molecule has 0 heterocycles. The van der Waals surface area contributed by atoms with Gasteiger partial charge in [0.15, 0.2) is 0 Å². The molecule has 0 bridgehead atoms. The topological polar surface area (TPSA) is 0 Å². The summed E-state index contributed by atoms with van der Waals surface area (Å²) in [5.74, 6) is 0.311. The van der Waals surface area contributed by atoms with Gasteiger partial charge in [0.05, 0.1) is 0 Å². The van der Waals surface area contributed by atoms with E-state index in [1.165, 1.54) is 16.7 Å². The molecule has 2 aromatic rings. The van der Waals surface area contributed by atoms with Crippen LogP contribution in [0.1, 0.15) is 32.7 Å². The van der Waals surface area contributed by atoms with Gasteiger partial charge in [0, 0.05) is 5.92 Å². The average Bonchev–Trinajstić information content (AvgIpc) is 3.34. The van der Waals surface area contributed by atoms with E-state index < -0.39 is 0 Å². The van der Waals surface area contributed by atoms with Crippen molar-refractivity contribution in [2.75, 3.05) is 0 Å². The van der Waals surface area contributed by atoms with E-state index in [2.05, 4.69) is 91.0 Å². The molecular weight excluding hydrogens is 367 g/mol. The summed E-state index contributed by atoms with van der Waals surface area (Å²) in [5.41, 5.74) is 3.95. The molecule has 24 heavy (non-hydrogen) atoms. The maximum Gasteiger partial charge on any atom is 4.00 e. The van der Waals surface area contributed by atoms with Gasteiger partial charge in [0.25, 0.3) is 0 Å². The molecule has 0 spiro atoms. The van der Waals surface area contributed by atoms with Crippen LogP contribution in [-0.2, 0) is 26.2 Å². The number of benzene rings is 2. The van der Waals surface area contributed by atoms with E-state index in [0.717, 1.165) is 12.8 Å². The van der Waals surface area contributed by atoms with E-state index in [0.29, 0.717) is 5.92 Å². The molecule has 0 nitrogen and oxygen atoms in total. The summed E-state index contributed by atoms with van der Waals surface area (Å²) in [6.07, 6.45) is 18.8. The largest absolute Gasteiger partial charge is 4.00 e. The van der Waals surface area contributed by atoms with Crippen LogP contribution in [0.3, 0.4) is 0 Å². The zero-order valence-corrected chi connectivity index (χ0v) is 16.1. The van der Waals surface area contributed by atoms with E-state index in [9.17, 15) is 0 Å². The minimum atomic E-state index is 0. The molecule has 2 aliphatic rings. The summed E-state index contributed by atoms with van der Waals surface area (Å²) >= 11 is 0. The smallest absolute Gasteiger partial charge is 1.00 e. The number of hydrogen-bond acceptors (Lipinski definition) is 0. The minimum Gasteiger partial charge on any atom is -1.00 e. The van der Waals surface area contributed by atoms with Gasteiger partial charge < -0.3 is 2.85 Å². The molecule has 0 fully saturated rings. The van der Waals surface area contributed by atoms with Crippen LogP contribution in [0.2, 0.25) is 0 Å². The summed E-state index contributed by atoms with van der Waals surface area (Å²) in [5, 5.41) is 0. The third-order valence-electron chi connectivity index (χ3n) is 3.88. The van der Waals surface area contributed by atoms with Crippen molar-refractivity contribution in [2.45, 2.75) is 18.8 Å². The first-order valence-electron chi connectivity index (χ1n) is 8.04. The third kappa shape index (κ3) is 5.15. The van der Waals surface area contributed by atoms with Crippen LogP contribution in [0.25, 0.3) is 0 Å². The van der Waals surface area contributed by atoms with Crippen LogP contribution in [-0.4, -0.2) is 0 Å². The molecule has 0 saturated carbocycles. The van der Waals surface area contributed by atoms with Crippen molar-refractivity contribution in [1.82, 2.24) is 0 Å². The quantitative estimate of drug-likeness (QED) is 0.562. The predicted molar refractivity (Wildman–Crippen MR) is 99.0 cm³/mol. The summed E-state index contributed by atoms with van der Waals surface area (Å²) in [4.78, 5) is 0. The second-order valence-electron chi connectivity index (χ2n) is 5.50. The van der Waals surface area contributed by atoms with Crippen LogP contribution in [0.15, 0.2) is 96.6 Å². The Hall–Kier alpha value is -1.72. The van der Waals surface area contributed by atoms with E-state index in [4.69, 9.17) is 0 Å². The Labute approximate surface area is 167 Å². The maximum atomic E-state index is 3.46. The first-order chi connectivity index (χ1) is 11.4. The Morgan fingerprint density at radius 1 is 0.792 bits per heavy atom. The fourth-order valence-electron chi connectivity index (χ4n) is 2.80. The fourth-order valence-corrected chi connectivity index (χ4v) is 2.80. The second kappa shape index (κ2) is 10.2. The van der Waals surface area contributed by atoms with Gasteiger partial charge in [-0.3, -0.25) is 12.2 Å². The molecule has 0 atom stereocenters. The summed E-state index contributed by atoms with van der Waals surface area (Å²) in [6, 6.07) is 21.3. The normalized spacial score (nSPS) is 14.1. The second-order valence-corrected chi connectivity index (χ2v) is 5.50. The first-order valence-corrected chi connectivity index (χ1v) is 8.04. The number of allylic oxidation sites excluding steroid dienone is 8. The molecular formula is C23H22Zr. The molecule has 2 aliphatic carbocycles. The van der Waals surface area contributed by atoms with Crippen molar-refractivity contribution in [2.24, 2.45) is 0 Å². The standard InChI is InChI=1S/C18H15.C5H5.Zr.2H/c1-3-9-15(10-4-1)18(17-13-7-8-14-17)16-11-5-2-6-12-16;1-2-4-5-3-1;;;/h1-7,9-13,18H,8H2;1-3H,4H2;;;/q2*-1;+4;2*-1. The van der Waals surface area contributed by atoms with Gasteiger partial charge >= 0.3 is 26.2 Å².